The van der Waals surface area contributed by atoms with Crippen molar-refractivity contribution in [2.75, 3.05) is 0 Å². The van der Waals surface area contributed by atoms with Crippen LogP contribution in [0.4, 0.5) is 4.39 Å². The smallest absolute Gasteiger partial charge is 0.305 e. The number of halogens is 1. The van der Waals surface area contributed by atoms with Gasteiger partial charge in [-0.1, -0.05) is 72.8 Å². The number of hydrogen-bond donors (Lipinski definition) is 2. The quantitative estimate of drug-likeness (QED) is 0.649. The molecular formula is C22H20FNO2. The molecule has 0 aliphatic rings. The maximum Gasteiger partial charge on any atom is 0.305 e. The first-order chi connectivity index (χ1) is 12.6. The lowest BCUT2D eigenvalue weighted by molar-refractivity contribution is -0.137. The zero-order valence-electron chi connectivity index (χ0n) is 14.2. The lowest BCUT2D eigenvalue weighted by Gasteiger charge is -2.26. The van der Waals surface area contributed by atoms with Gasteiger partial charge >= 0.3 is 5.97 Å². The van der Waals surface area contributed by atoms with Gasteiger partial charge in [-0.3, -0.25) is 10.1 Å². The standard InChI is InChI=1S/C22H20FNO2/c23-19-13-11-16(12-14-19)20(15-21(25)26)24-22(17-7-3-1-4-8-17)18-9-5-2-6-10-18/h1-14,20,22,24H,15H2,(H,25,26)/t20-/m1/s1. The highest BCUT2D eigenvalue weighted by atomic mass is 19.1. The molecule has 3 aromatic rings. The van der Waals surface area contributed by atoms with Gasteiger partial charge in [0, 0.05) is 6.04 Å². The van der Waals surface area contributed by atoms with Crippen LogP contribution in [0.15, 0.2) is 84.9 Å². The molecule has 1 atom stereocenters. The lowest BCUT2D eigenvalue weighted by Crippen LogP contribution is -2.29. The fourth-order valence-corrected chi connectivity index (χ4v) is 3.02. The molecule has 3 aromatic carbocycles. The summed E-state index contributed by atoms with van der Waals surface area (Å²) >= 11 is 0. The molecule has 0 aliphatic carbocycles. The van der Waals surface area contributed by atoms with E-state index in [9.17, 15) is 14.3 Å². The summed E-state index contributed by atoms with van der Waals surface area (Å²) in [5.41, 5.74) is 2.82. The third kappa shape index (κ3) is 4.55. The number of carbonyl (C=O) groups is 1. The maximum absolute atomic E-state index is 13.3. The van der Waals surface area contributed by atoms with Gasteiger partial charge in [-0.05, 0) is 28.8 Å². The number of benzene rings is 3. The van der Waals surface area contributed by atoms with Crippen LogP contribution in [-0.4, -0.2) is 11.1 Å². The molecule has 0 aromatic heterocycles. The minimum absolute atomic E-state index is 0.0954. The number of rotatable bonds is 7. The maximum atomic E-state index is 13.3. The van der Waals surface area contributed by atoms with Gasteiger partial charge in [-0.2, -0.15) is 0 Å². The Balaban J connectivity index is 1.96. The van der Waals surface area contributed by atoms with Crippen LogP contribution >= 0.6 is 0 Å². The van der Waals surface area contributed by atoms with Crippen LogP contribution < -0.4 is 5.32 Å². The molecule has 0 heterocycles. The zero-order valence-corrected chi connectivity index (χ0v) is 14.2. The Bertz CT molecular complexity index is 796. The number of nitrogens with one attached hydrogen (secondary N) is 1. The van der Waals surface area contributed by atoms with Crippen molar-refractivity contribution in [1.82, 2.24) is 5.32 Å². The Morgan fingerprint density at radius 3 is 1.77 bits per heavy atom. The number of aliphatic carboxylic acids is 1. The van der Waals surface area contributed by atoms with Crippen LogP contribution in [0.1, 0.15) is 35.2 Å². The van der Waals surface area contributed by atoms with E-state index in [1.807, 2.05) is 60.7 Å². The topological polar surface area (TPSA) is 49.3 Å². The van der Waals surface area contributed by atoms with Crippen molar-refractivity contribution in [2.45, 2.75) is 18.5 Å². The predicted molar refractivity (Wildman–Crippen MR) is 99.3 cm³/mol. The highest BCUT2D eigenvalue weighted by Crippen LogP contribution is 2.27. The van der Waals surface area contributed by atoms with Crippen LogP contribution in [0.3, 0.4) is 0 Å². The first-order valence-corrected chi connectivity index (χ1v) is 8.46. The first kappa shape index (κ1) is 17.8. The molecule has 0 saturated heterocycles. The van der Waals surface area contributed by atoms with E-state index in [1.54, 1.807) is 12.1 Å². The monoisotopic (exact) mass is 349 g/mol. The highest BCUT2D eigenvalue weighted by molar-refractivity contribution is 5.68. The van der Waals surface area contributed by atoms with Crippen LogP contribution in [0.2, 0.25) is 0 Å². The Kier molecular flexibility index (Phi) is 5.77. The van der Waals surface area contributed by atoms with E-state index in [0.717, 1.165) is 16.7 Å². The van der Waals surface area contributed by atoms with Crippen LogP contribution in [0.5, 0.6) is 0 Å². The normalized spacial score (nSPS) is 12.1. The average Bonchev–Trinajstić information content (AvgIpc) is 2.67. The predicted octanol–water partition coefficient (Wildman–Crippen LogP) is 4.72. The van der Waals surface area contributed by atoms with Crippen molar-refractivity contribution in [3.8, 4) is 0 Å². The molecule has 4 heteroatoms. The minimum atomic E-state index is -0.910. The molecule has 0 bridgehead atoms. The van der Waals surface area contributed by atoms with Crippen LogP contribution in [0.25, 0.3) is 0 Å². The van der Waals surface area contributed by atoms with Gasteiger partial charge in [0.1, 0.15) is 5.82 Å². The molecule has 0 saturated carbocycles. The number of hydrogen-bond acceptors (Lipinski definition) is 2. The molecule has 0 aliphatic heterocycles. The molecule has 0 spiro atoms. The van der Waals surface area contributed by atoms with E-state index in [4.69, 9.17) is 0 Å². The van der Waals surface area contributed by atoms with Crippen LogP contribution in [-0.2, 0) is 4.79 Å². The van der Waals surface area contributed by atoms with Gasteiger partial charge in [-0.25, -0.2) is 4.39 Å². The summed E-state index contributed by atoms with van der Waals surface area (Å²) in [6.45, 7) is 0. The SMILES string of the molecule is O=C(O)C[C@@H](NC(c1ccccc1)c1ccccc1)c1ccc(F)cc1. The fraction of sp³-hybridized carbons (Fsp3) is 0.136. The lowest BCUT2D eigenvalue weighted by atomic mass is 9.95. The van der Waals surface area contributed by atoms with E-state index >= 15 is 0 Å². The van der Waals surface area contributed by atoms with E-state index in [0.29, 0.717) is 0 Å². The summed E-state index contributed by atoms with van der Waals surface area (Å²) in [5, 5.41) is 12.8. The largest absolute Gasteiger partial charge is 0.481 e. The fourth-order valence-electron chi connectivity index (χ4n) is 3.02. The van der Waals surface area contributed by atoms with Crippen molar-refractivity contribution >= 4 is 5.97 Å². The number of carboxylic acids is 1. The summed E-state index contributed by atoms with van der Waals surface area (Å²) in [5.74, 6) is -1.25. The zero-order chi connectivity index (χ0) is 18.4. The van der Waals surface area contributed by atoms with E-state index in [-0.39, 0.29) is 18.3 Å². The van der Waals surface area contributed by atoms with Gasteiger partial charge in [0.25, 0.3) is 0 Å². The summed E-state index contributed by atoms with van der Waals surface area (Å²) in [7, 11) is 0. The molecule has 3 nitrogen and oxygen atoms in total. The number of carboxylic acid groups (broad SMARTS) is 1. The summed E-state index contributed by atoms with van der Waals surface area (Å²) < 4.78 is 13.3. The van der Waals surface area contributed by atoms with Crippen molar-refractivity contribution in [3.63, 3.8) is 0 Å². The molecule has 3 rings (SSSR count). The molecule has 2 N–H and O–H groups in total. The summed E-state index contributed by atoms with van der Waals surface area (Å²) in [4.78, 5) is 11.4. The average molecular weight is 349 g/mol. The third-order valence-corrected chi connectivity index (χ3v) is 4.28. The van der Waals surface area contributed by atoms with E-state index in [1.165, 1.54) is 12.1 Å². The molecule has 0 radical (unpaired) electrons. The second-order valence-electron chi connectivity index (χ2n) is 6.12. The molecular weight excluding hydrogens is 329 g/mol. The van der Waals surface area contributed by atoms with E-state index in [2.05, 4.69) is 5.32 Å². The Morgan fingerprint density at radius 1 is 0.808 bits per heavy atom. The van der Waals surface area contributed by atoms with Crippen molar-refractivity contribution < 1.29 is 14.3 Å². The molecule has 0 fully saturated rings. The Labute approximate surface area is 152 Å². The minimum Gasteiger partial charge on any atom is -0.481 e. The third-order valence-electron chi connectivity index (χ3n) is 4.28. The van der Waals surface area contributed by atoms with Crippen molar-refractivity contribution in [2.24, 2.45) is 0 Å². The van der Waals surface area contributed by atoms with Crippen LogP contribution in [0, 0.1) is 5.82 Å². The molecule has 0 amide bonds. The van der Waals surface area contributed by atoms with Gasteiger partial charge in [0.2, 0.25) is 0 Å². The second kappa shape index (κ2) is 8.41. The van der Waals surface area contributed by atoms with Gasteiger partial charge < -0.3 is 5.11 Å². The highest BCUT2D eigenvalue weighted by Gasteiger charge is 2.22. The van der Waals surface area contributed by atoms with Gasteiger partial charge in [0.15, 0.2) is 0 Å². The summed E-state index contributed by atoms with van der Waals surface area (Å²) in [6, 6.07) is 25.1. The van der Waals surface area contributed by atoms with Crippen molar-refractivity contribution in [1.29, 1.82) is 0 Å². The van der Waals surface area contributed by atoms with Gasteiger partial charge in [-0.15, -0.1) is 0 Å². The summed E-state index contributed by atoms with van der Waals surface area (Å²) in [6.07, 6.45) is -0.0954. The second-order valence-corrected chi connectivity index (χ2v) is 6.12. The molecule has 0 unspecified atom stereocenters. The van der Waals surface area contributed by atoms with Crippen molar-refractivity contribution in [3.05, 3.63) is 107 Å². The van der Waals surface area contributed by atoms with Gasteiger partial charge in [0.05, 0.1) is 12.5 Å². The Hall–Kier alpha value is -2.98. The van der Waals surface area contributed by atoms with E-state index < -0.39 is 12.0 Å². The Morgan fingerprint density at radius 2 is 1.31 bits per heavy atom. The molecule has 26 heavy (non-hydrogen) atoms. The first-order valence-electron chi connectivity index (χ1n) is 8.46. The molecule has 132 valence electrons.